The lowest BCUT2D eigenvalue weighted by Gasteiger charge is -2.15. The highest BCUT2D eigenvalue weighted by Gasteiger charge is 2.14. The quantitative estimate of drug-likeness (QED) is 0.429. The summed E-state index contributed by atoms with van der Waals surface area (Å²) in [6.07, 6.45) is 4.38. The number of aryl methyl sites for hydroxylation is 1. The van der Waals surface area contributed by atoms with Crippen LogP contribution in [0.2, 0.25) is 0 Å². The van der Waals surface area contributed by atoms with Crippen LogP contribution in [0.5, 0.6) is 11.5 Å². The van der Waals surface area contributed by atoms with E-state index in [1.54, 1.807) is 15.5 Å². The van der Waals surface area contributed by atoms with Gasteiger partial charge in [0.25, 0.3) is 0 Å². The largest absolute Gasteiger partial charge is 0.454 e. The predicted octanol–water partition coefficient (Wildman–Crippen LogP) is 2.97. The number of hydrogen-bond donors (Lipinski definition) is 1. The Balaban J connectivity index is 1.38. The van der Waals surface area contributed by atoms with Crippen molar-refractivity contribution < 1.29 is 14.3 Å². The van der Waals surface area contributed by atoms with Crippen molar-refractivity contribution in [3.05, 3.63) is 82.0 Å². The molecule has 4 aromatic rings. The number of carbonyl (C=O) groups excluding carboxylic acids is 1. The molecule has 2 aromatic carbocycles. The topological polar surface area (TPSA) is 99.7 Å². The Morgan fingerprint density at radius 1 is 1.15 bits per heavy atom. The molecule has 9 nitrogen and oxygen atoms in total. The standard InChI is InChI=1S/C25H23N5O4/c1-16-14-28-24(27-9-7-17-4-6-21-22(12-17)34-15-33-21)25(32)30(16)29-10-8-19-11-18(3-5-20(19)29)13-23(31)26-2/h3-6,8,10-12,14H,2,7,9,13,15H2,1H3,(H,27,28). The molecule has 1 aliphatic rings. The van der Waals surface area contributed by atoms with Gasteiger partial charge in [0, 0.05) is 18.1 Å². The number of aliphatic imine (C=N–C) groups is 1. The van der Waals surface area contributed by atoms with Crippen LogP contribution < -0.4 is 20.3 Å². The molecule has 0 aliphatic carbocycles. The summed E-state index contributed by atoms with van der Waals surface area (Å²) >= 11 is 0. The molecule has 1 N–H and O–H groups in total. The van der Waals surface area contributed by atoms with Gasteiger partial charge in [0.15, 0.2) is 17.3 Å². The zero-order valence-electron chi connectivity index (χ0n) is 18.7. The molecule has 1 amide bonds. The molecule has 0 saturated carbocycles. The number of rotatable bonds is 7. The summed E-state index contributed by atoms with van der Waals surface area (Å²) in [5.74, 6) is 1.47. The highest BCUT2D eigenvalue weighted by Crippen LogP contribution is 2.32. The van der Waals surface area contributed by atoms with Crippen LogP contribution in [-0.4, -0.2) is 40.3 Å². The second-order valence-corrected chi connectivity index (χ2v) is 8.01. The van der Waals surface area contributed by atoms with Crippen LogP contribution in [0.1, 0.15) is 16.8 Å². The lowest BCUT2D eigenvalue weighted by Crippen LogP contribution is -2.31. The molecule has 0 spiro atoms. The van der Waals surface area contributed by atoms with Crippen LogP contribution in [0.4, 0.5) is 5.82 Å². The highest BCUT2D eigenvalue weighted by molar-refractivity contribution is 5.86. The number of anilines is 1. The van der Waals surface area contributed by atoms with Gasteiger partial charge in [0.1, 0.15) is 0 Å². The summed E-state index contributed by atoms with van der Waals surface area (Å²) in [6, 6.07) is 13.4. The fraction of sp³-hybridized carbons (Fsp3) is 0.200. The van der Waals surface area contributed by atoms with E-state index in [2.05, 4.69) is 22.0 Å². The van der Waals surface area contributed by atoms with Crippen molar-refractivity contribution in [3.63, 3.8) is 0 Å². The minimum atomic E-state index is -0.281. The molecule has 0 radical (unpaired) electrons. The Morgan fingerprint density at radius 3 is 2.82 bits per heavy atom. The molecule has 9 heteroatoms. The zero-order valence-corrected chi connectivity index (χ0v) is 18.7. The summed E-state index contributed by atoms with van der Waals surface area (Å²) < 4.78 is 14.1. The van der Waals surface area contributed by atoms with Gasteiger partial charge in [-0.05, 0) is 61.5 Å². The summed E-state index contributed by atoms with van der Waals surface area (Å²) in [4.78, 5) is 32.6. The van der Waals surface area contributed by atoms with E-state index < -0.39 is 0 Å². The third kappa shape index (κ3) is 4.03. The van der Waals surface area contributed by atoms with E-state index in [-0.39, 0.29) is 30.5 Å². The van der Waals surface area contributed by atoms with Gasteiger partial charge in [-0.2, -0.15) is 0 Å². The number of nitrogens with one attached hydrogen (secondary N) is 1. The number of nitrogens with zero attached hydrogens (tertiary/aromatic N) is 4. The van der Waals surface area contributed by atoms with Gasteiger partial charge in [-0.3, -0.25) is 14.3 Å². The van der Waals surface area contributed by atoms with Crippen LogP contribution in [0.3, 0.4) is 0 Å². The van der Waals surface area contributed by atoms with E-state index in [0.717, 1.165) is 33.5 Å². The number of aromatic nitrogens is 3. The van der Waals surface area contributed by atoms with Gasteiger partial charge < -0.3 is 14.8 Å². The van der Waals surface area contributed by atoms with E-state index in [1.165, 1.54) is 0 Å². The molecular formula is C25H23N5O4. The molecule has 5 rings (SSSR count). The first-order valence-corrected chi connectivity index (χ1v) is 10.8. The summed E-state index contributed by atoms with van der Waals surface area (Å²) in [6.45, 7) is 5.88. The maximum absolute atomic E-state index is 13.3. The smallest absolute Gasteiger partial charge is 0.312 e. The molecule has 0 unspecified atom stereocenters. The first-order valence-electron chi connectivity index (χ1n) is 10.8. The van der Waals surface area contributed by atoms with Crippen molar-refractivity contribution in [1.82, 2.24) is 14.3 Å². The molecule has 0 atom stereocenters. The van der Waals surface area contributed by atoms with Crippen molar-refractivity contribution in [3.8, 4) is 11.5 Å². The molecule has 0 bridgehead atoms. The number of amides is 1. The molecule has 172 valence electrons. The number of fused-ring (bicyclic) bond motifs is 2. The van der Waals surface area contributed by atoms with Crippen molar-refractivity contribution in [1.29, 1.82) is 0 Å². The number of ether oxygens (including phenoxy) is 2. The number of carbonyl (C=O) groups is 1. The minimum absolute atomic E-state index is 0.191. The van der Waals surface area contributed by atoms with Crippen molar-refractivity contribution in [2.75, 3.05) is 18.7 Å². The van der Waals surface area contributed by atoms with Crippen molar-refractivity contribution >= 4 is 29.3 Å². The van der Waals surface area contributed by atoms with Gasteiger partial charge in [0.2, 0.25) is 12.7 Å². The van der Waals surface area contributed by atoms with Crippen LogP contribution in [0.15, 0.2) is 64.6 Å². The maximum atomic E-state index is 13.3. The zero-order chi connectivity index (χ0) is 23.7. The van der Waals surface area contributed by atoms with Crippen LogP contribution in [0, 0.1) is 6.92 Å². The average Bonchev–Trinajstić information content (AvgIpc) is 3.47. The molecule has 3 heterocycles. The fourth-order valence-electron chi connectivity index (χ4n) is 4.03. The highest BCUT2D eigenvalue weighted by atomic mass is 16.7. The van der Waals surface area contributed by atoms with Gasteiger partial charge in [-0.15, -0.1) is 0 Å². The third-order valence-electron chi connectivity index (χ3n) is 5.73. The van der Waals surface area contributed by atoms with Crippen LogP contribution in [-0.2, 0) is 17.6 Å². The molecular weight excluding hydrogens is 434 g/mol. The second-order valence-electron chi connectivity index (χ2n) is 8.01. The lowest BCUT2D eigenvalue weighted by molar-refractivity contribution is -0.117. The van der Waals surface area contributed by atoms with Crippen molar-refractivity contribution in [2.45, 2.75) is 19.8 Å². The van der Waals surface area contributed by atoms with E-state index in [1.807, 2.05) is 55.6 Å². The Labute approximate surface area is 195 Å². The van der Waals surface area contributed by atoms with Gasteiger partial charge >= 0.3 is 5.56 Å². The summed E-state index contributed by atoms with van der Waals surface area (Å²) in [5.41, 5.74) is 3.19. The molecule has 34 heavy (non-hydrogen) atoms. The predicted molar refractivity (Wildman–Crippen MR) is 129 cm³/mol. The average molecular weight is 457 g/mol. The van der Waals surface area contributed by atoms with E-state index in [9.17, 15) is 9.59 Å². The summed E-state index contributed by atoms with van der Waals surface area (Å²) in [7, 11) is 0. The van der Waals surface area contributed by atoms with Gasteiger partial charge in [-0.1, -0.05) is 12.1 Å². The number of hydrogen-bond acceptors (Lipinski definition) is 6. The van der Waals surface area contributed by atoms with E-state index in [0.29, 0.717) is 18.7 Å². The SMILES string of the molecule is C=NC(=O)Cc1ccc2c(ccn2-n2c(C)cnc(NCCc3ccc4c(c3)OCO4)c2=O)c1. The van der Waals surface area contributed by atoms with Gasteiger partial charge in [0.05, 0.1) is 23.8 Å². The third-order valence-corrected chi connectivity index (χ3v) is 5.73. The molecule has 2 aromatic heterocycles. The number of benzene rings is 2. The first-order chi connectivity index (χ1) is 16.5. The van der Waals surface area contributed by atoms with Gasteiger partial charge in [-0.25, -0.2) is 14.7 Å². The Morgan fingerprint density at radius 2 is 1.97 bits per heavy atom. The first kappa shape index (κ1) is 21.4. The summed E-state index contributed by atoms with van der Waals surface area (Å²) in [5, 5.41) is 4.07. The van der Waals surface area contributed by atoms with E-state index >= 15 is 0 Å². The van der Waals surface area contributed by atoms with Crippen LogP contribution >= 0.6 is 0 Å². The second kappa shape index (κ2) is 8.86. The minimum Gasteiger partial charge on any atom is -0.454 e. The molecule has 1 aliphatic heterocycles. The van der Waals surface area contributed by atoms with Crippen LogP contribution in [0.25, 0.3) is 10.9 Å². The Bertz CT molecular complexity index is 1470. The Kier molecular flexibility index (Phi) is 5.59. The monoisotopic (exact) mass is 457 g/mol. The normalized spacial score (nSPS) is 12.1. The Hall–Kier alpha value is -4.40. The van der Waals surface area contributed by atoms with Crippen molar-refractivity contribution in [2.24, 2.45) is 4.99 Å². The molecule has 0 saturated heterocycles. The lowest BCUT2D eigenvalue weighted by atomic mass is 10.1. The fourth-order valence-corrected chi connectivity index (χ4v) is 4.03. The van der Waals surface area contributed by atoms with E-state index in [4.69, 9.17) is 9.47 Å². The maximum Gasteiger partial charge on any atom is 0.312 e. The molecule has 0 fully saturated rings.